The van der Waals surface area contributed by atoms with Crippen LogP contribution in [0.2, 0.25) is 5.02 Å². The van der Waals surface area contributed by atoms with Crippen molar-refractivity contribution in [2.75, 3.05) is 6.61 Å². The first-order chi connectivity index (χ1) is 5.74. The molecule has 0 spiro atoms. The summed E-state index contributed by atoms with van der Waals surface area (Å²) in [7, 11) is 0. The molecule has 3 heteroatoms. The van der Waals surface area contributed by atoms with Crippen molar-refractivity contribution in [2.24, 2.45) is 0 Å². The second-order valence-corrected chi connectivity index (χ2v) is 4.47. The first-order valence-electron chi connectivity index (χ1n) is 3.74. The van der Waals surface area contributed by atoms with Crippen molar-refractivity contribution < 1.29 is 5.11 Å². The third-order valence-electron chi connectivity index (χ3n) is 1.59. The van der Waals surface area contributed by atoms with Crippen molar-refractivity contribution >= 4 is 34.2 Å². The van der Waals surface area contributed by atoms with Gasteiger partial charge in [-0.15, -0.1) is 0 Å². The Hall–Kier alpha value is 0.200. The zero-order valence-corrected chi connectivity index (χ0v) is 9.42. The quantitative estimate of drug-likeness (QED) is 0.671. The largest absolute Gasteiger partial charge is 0.396 e. The molecule has 0 fully saturated rings. The Morgan fingerprint density at radius 3 is 2.83 bits per heavy atom. The van der Waals surface area contributed by atoms with Crippen LogP contribution in [0.3, 0.4) is 0 Å². The highest BCUT2D eigenvalue weighted by Gasteiger charge is 2.05. The highest BCUT2D eigenvalue weighted by atomic mass is 127. The summed E-state index contributed by atoms with van der Waals surface area (Å²) in [6.07, 6.45) is 0.779. The zero-order valence-electron chi connectivity index (χ0n) is 6.50. The van der Waals surface area contributed by atoms with Gasteiger partial charge in [-0.3, -0.25) is 0 Å². The minimum atomic E-state index is 0.222. The van der Waals surface area contributed by atoms with E-state index in [1.54, 1.807) is 0 Å². The number of aliphatic hydroxyl groups excluding tert-OH is 1. The van der Waals surface area contributed by atoms with Crippen LogP contribution in [0, 0.1) is 0 Å². The number of hydrogen-bond donors (Lipinski definition) is 1. The fourth-order valence-corrected chi connectivity index (χ4v) is 1.85. The molecule has 0 aliphatic rings. The average Bonchev–Trinajstić information content (AvgIpc) is 2.05. The van der Waals surface area contributed by atoms with Crippen LogP contribution in [0.1, 0.15) is 15.9 Å². The highest BCUT2D eigenvalue weighted by Crippen LogP contribution is 2.28. The van der Waals surface area contributed by atoms with Gasteiger partial charge in [0.1, 0.15) is 0 Å². The standard InChI is InChI=1S/C9H10ClIO/c10-8-3-1-2-7(6-8)9(11)4-5-12/h1-3,6,9,12H,4-5H2. The second-order valence-electron chi connectivity index (χ2n) is 2.53. The topological polar surface area (TPSA) is 20.2 Å². The maximum Gasteiger partial charge on any atom is 0.0444 e. The summed E-state index contributed by atoms with van der Waals surface area (Å²) in [6, 6.07) is 7.75. The third-order valence-corrected chi connectivity index (χ3v) is 3.17. The van der Waals surface area contributed by atoms with Gasteiger partial charge in [0, 0.05) is 15.6 Å². The number of hydrogen-bond acceptors (Lipinski definition) is 1. The summed E-state index contributed by atoms with van der Waals surface area (Å²) in [5, 5.41) is 9.49. The van der Waals surface area contributed by atoms with Gasteiger partial charge in [-0.2, -0.15) is 0 Å². The smallest absolute Gasteiger partial charge is 0.0444 e. The van der Waals surface area contributed by atoms with Gasteiger partial charge < -0.3 is 5.11 Å². The van der Waals surface area contributed by atoms with Crippen molar-refractivity contribution in [1.82, 2.24) is 0 Å². The Morgan fingerprint density at radius 2 is 2.25 bits per heavy atom. The van der Waals surface area contributed by atoms with Crippen LogP contribution < -0.4 is 0 Å². The lowest BCUT2D eigenvalue weighted by atomic mass is 10.1. The average molecular weight is 297 g/mol. The number of alkyl halides is 1. The van der Waals surface area contributed by atoms with E-state index in [9.17, 15) is 0 Å². The summed E-state index contributed by atoms with van der Waals surface area (Å²) >= 11 is 8.13. The molecule has 1 aromatic rings. The molecule has 1 unspecified atom stereocenters. The third kappa shape index (κ3) is 2.92. The Bertz CT molecular complexity index is 252. The van der Waals surface area contributed by atoms with Gasteiger partial charge in [0.2, 0.25) is 0 Å². The highest BCUT2D eigenvalue weighted by molar-refractivity contribution is 14.1. The second kappa shape index (κ2) is 5.04. The zero-order chi connectivity index (χ0) is 8.97. The lowest BCUT2D eigenvalue weighted by Gasteiger charge is -2.07. The fourth-order valence-electron chi connectivity index (χ4n) is 0.981. The van der Waals surface area contributed by atoms with E-state index >= 15 is 0 Å². The summed E-state index contributed by atoms with van der Waals surface area (Å²) < 4.78 is 0.353. The van der Waals surface area contributed by atoms with Crippen LogP contribution in [-0.2, 0) is 0 Å². The molecule has 1 atom stereocenters. The molecule has 0 saturated carbocycles. The van der Waals surface area contributed by atoms with E-state index in [1.807, 2.05) is 24.3 Å². The van der Waals surface area contributed by atoms with Gasteiger partial charge in [0.05, 0.1) is 0 Å². The Labute approximate surface area is 90.9 Å². The molecule has 0 aromatic heterocycles. The molecular formula is C9H10ClIO. The molecule has 0 bridgehead atoms. The molecule has 1 rings (SSSR count). The fraction of sp³-hybridized carbons (Fsp3) is 0.333. The normalized spacial score (nSPS) is 12.9. The number of halogens is 2. The molecule has 0 aliphatic heterocycles. The minimum Gasteiger partial charge on any atom is -0.396 e. The Kier molecular flexibility index (Phi) is 4.32. The molecule has 66 valence electrons. The lowest BCUT2D eigenvalue weighted by Crippen LogP contribution is -1.92. The summed E-state index contributed by atoms with van der Waals surface area (Å²) in [5.74, 6) is 0. The van der Waals surface area contributed by atoms with Gasteiger partial charge in [-0.05, 0) is 24.1 Å². The molecular weight excluding hydrogens is 286 g/mol. The van der Waals surface area contributed by atoms with Gasteiger partial charge >= 0.3 is 0 Å². The van der Waals surface area contributed by atoms with E-state index in [2.05, 4.69) is 22.6 Å². The number of aliphatic hydroxyl groups is 1. The van der Waals surface area contributed by atoms with Gasteiger partial charge in [0.15, 0.2) is 0 Å². The molecule has 1 aromatic carbocycles. The van der Waals surface area contributed by atoms with Crippen LogP contribution in [0.15, 0.2) is 24.3 Å². The van der Waals surface area contributed by atoms with Crippen molar-refractivity contribution in [2.45, 2.75) is 10.3 Å². The molecule has 0 radical (unpaired) electrons. The van der Waals surface area contributed by atoms with Crippen molar-refractivity contribution in [3.63, 3.8) is 0 Å². The SMILES string of the molecule is OCCC(I)c1cccc(Cl)c1. The summed E-state index contributed by atoms with van der Waals surface area (Å²) in [4.78, 5) is 0. The monoisotopic (exact) mass is 296 g/mol. The molecule has 0 amide bonds. The van der Waals surface area contributed by atoms with Gasteiger partial charge in [-0.1, -0.05) is 46.3 Å². The predicted molar refractivity (Wildman–Crippen MR) is 59.9 cm³/mol. The van der Waals surface area contributed by atoms with Crippen LogP contribution in [0.25, 0.3) is 0 Å². The first kappa shape index (κ1) is 10.3. The Balaban J connectivity index is 2.73. The lowest BCUT2D eigenvalue weighted by molar-refractivity contribution is 0.289. The van der Waals surface area contributed by atoms with E-state index in [-0.39, 0.29) is 6.61 Å². The number of rotatable bonds is 3. The van der Waals surface area contributed by atoms with Crippen molar-refractivity contribution in [3.8, 4) is 0 Å². The predicted octanol–water partition coefficient (Wildman–Crippen LogP) is 3.20. The molecule has 12 heavy (non-hydrogen) atoms. The van der Waals surface area contributed by atoms with Gasteiger partial charge in [0.25, 0.3) is 0 Å². The van der Waals surface area contributed by atoms with E-state index in [0.29, 0.717) is 3.92 Å². The van der Waals surface area contributed by atoms with Crippen LogP contribution in [-0.4, -0.2) is 11.7 Å². The minimum absolute atomic E-state index is 0.222. The van der Waals surface area contributed by atoms with E-state index < -0.39 is 0 Å². The van der Waals surface area contributed by atoms with E-state index in [0.717, 1.165) is 11.4 Å². The number of benzene rings is 1. The van der Waals surface area contributed by atoms with Crippen LogP contribution in [0.5, 0.6) is 0 Å². The summed E-state index contributed by atoms with van der Waals surface area (Å²) in [6.45, 7) is 0.222. The van der Waals surface area contributed by atoms with Crippen molar-refractivity contribution in [3.05, 3.63) is 34.9 Å². The molecule has 0 aliphatic carbocycles. The first-order valence-corrected chi connectivity index (χ1v) is 5.37. The van der Waals surface area contributed by atoms with Crippen LogP contribution >= 0.6 is 34.2 Å². The molecule has 1 nitrogen and oxygen atoms in total. The molecule has 0 heterocycles. The van der Waals surface area contributed by atoms with Gasteiger partial charge in [-0.25, -0.2) is 0 Å². The molecule has 0 saturated heterocycles. The van der Waals surface area contributed by atoms with Crippen molar-refractivity contribution in [1.29, 1.82) is 0 Å². The maximum absolute atomic E-state index is 8.73. The summed E-state index contributed by atoms with van der Waals surface area (Å²) in [5.41, 5.74) is 1.18. The van der Waals surface area contributed by atoms with E-state index in [4.69, 9.17) is 16.7 Å². The molecule has 1 N–H and O–H groups in total. The maximum atomic E-state index is 8.73. The Morgan fingerprint density at radius 1 is 1.50 bits per heavy atom. The van der Waals surface area contributed by atoms with Crippen LogP contribution in [0.4, 0.5) is 0 Å². The van der Waals surface area contributed by atoms with E-state index in [1.165, 1.54) is 5.56 Å².